The minimum absolute atomic E-state index is 0.753. The first-order valence-electron chi connectivity index (χ1n) is 10.4. The van der Waals surface area contributed by atoms with Crippen LogP contribution in [0.25, 0.3) is 0 Å². The minimum Gasteiger partial charge on any atom is -0.493 e. The van der Waals surface area contributed by atoms with Gasteiger partial charge in [0.05, 0.1) is 13.7 Å². The zero-order valence-electron chi connectivity index (χ0n) is 17.0. The van der Waals surface area contributed by atoms with E-state index >= 15 is 0 Å². The largest absolute Gasteiger partial charge is 0.493 e. The lowest BCUT2D eigenvalue weighted by Crippen LogP contribution is -2.17. The Hall–Kier alpha value is -2.00. The normalized spacial score (nSPS) is 10.7. The Bertz CT molecular complexity index is 628. The molecule has 0 saturated carbocycles. The van der Waals surface area contributed by atoms with Gasteiger partial charge < -0.3 is 14.8 Å². The molecule has 0 unspecified atom stereocenters. The molecule has 0 atom stereocenters. The van der Waals surface area contributed by atoms with E-state index < -0.39 is 0 Å². The Morgan fingerprint density at radius 2 is 1.63 bits per heavy atom. The van der Waals surface area contributed by atoms with E-state index in [0.29, 0.717) is 0 Å². The Morgan fingerprint density at radius 3 is 2.41 bits per heavy atom. The monoisotopic (exact) mass is 369 g/mol. The molecule has 1 N–H and O–H groups in total. The lowest BCUT2D eigenvalue weighted by Gasteiger charge is -2.15. The van der Waals surface area contributed by atoms with E-state index in [4.69, 9.17) is 9.47 Å². The summed E-state index contributed by atoms with van der Waals surface area (Å²) >= 11 is 0. The molecule has 0 spiro atoms. The fraction of sp³-hybridized carbons (Fsp3) is 0.500. The van der Waals surface area contributed by atoms with Crippen LogP contribution in [0.4, 0.5) is 0 Å². The lowest BCUT2D eigenvalue weighted by molar-refractivity contribution is 0.281. The van der Waals surface area contributed by atoms with Crippen molar-refractivity contribution in [2.24, 2.45) is 0 Å². The van der Waals surface area contributed by atoms with Gasteiger partial charge in [-0.25, -0.2) is 0 Å². The molecule has 0 aliphatic rings. The average molecular weight is 370 g/mol. The van der Waals surface area contributed by atoms with Crippen LogP contribution < -0.4 is 14.8 Å². The summed E-state index contributed by atoms with van der Waals surface area (Å²) in [5, 5.41) is 3.53. The highest BCUT2D eigenvalue weighted by molar-refractivity contribution is 5.46. The second kappa shape index (κ2) is 13.2. The van der Waals surface area contributed by atoms with E-state index in [9.17, 15) is 0 Å². The van der Waals surface area contributed by atoms with Crippen LogP contribution in [-0.4, -0.2) is 20.3 Å². The van der Waals surface area contributed by atoms with Crippen molar-refractivity contribution in [3.05, 3.63) is 59.7 Å². The number of unbranched alkanes of at least 4 members (excludes halogenated alkanes) is 5. The maximum atomic E-state index is 6.12. The van der Waals surface area contributed by atoms with E-state index in [0.717, 1.165) is 49.6 Å². The number of hydrogen-bond acceptors (Lipinski definition) is 3. The first-order valence-corrected chi connectivity index (χ1v) is 10.4. The standard InChI is InChI=1S/C24H35NO2/c1-3-4-5-6-7-11-19-27-24-22(15-12-16-23(24)26-2)20-25-18-17-21-13-9-8-10-14-21/h8-10,12-16,25H,3-7,11,17-20H2,1-2H3. The average Bonchev–Trinajstić information content (AvgIpc) is 2.71. The summed E-state index contributed by atoms with van der Waals surface area (Å²) in [6, 6.07) is 16.7. The molecule has 148 valence electrons. The number of hydrogen-bond donors (Lipinski definition) is 1. The third-order valence-corrected chi connectivity index (χ3v) is 4.77. The van der Waals surface area contributed by atoms with Gasteiger partial charge in [-0.2, -0.15) is 0 Å². The van der Waals surface area contributed by atoms with Crippen molar-refractivity contribution in [1.29, 1.82) is 0 Å². The van der Waals surface area contributed by atoms with Crippen molar-refractivity contribution in [2.75, 3.05) is 20.3 Å². The molecule has 3 heteroatoms. The molecular formula is C24H35NO2. The summed E-state index contributed by atoms with van der Waals surface area (Å²) in [6.45, 7) is 4.73. The second-order valence-corrected chi connectivity index (χ2v) is 6.98. The van der Waals surface area contributed by atoms with Gasteiger partial charge in [0, 0.05) is 12.1 Å². The molecular weight excluding hydrogens is 334 g/mol. The molecule has 3 nitrogen and oxygen atoms in total. The van der Waals surface area contributed by atoms with Crippen LogP contribution in [0.15, 0.2) is 48.5 Å². The first kappa shape index (κ1) is 21.3. The summed E-state index contributed by atoms with van der Waals surface area (Å²) in [6.07, 6.45) is 8.63. The molecule has 0 saturated heterocycles. The van der Waals surface area contributed by atoms with Crippen molar-refractivity contribution in [1.82, 2.24) is 5.32 Å². The maximum absolute atomic E-state index is 6.12. The predicted molar refractivity (Wildman–Crippen MR) is 114 cm³/mol. The molecule has 0 fully saturated rings. The zero-order chi connectivity index (χ0) is 19.2. The molecule has 2 rings (SSSR count). The Kier molecular flexibility index (Phi) is 10.4. The van der Waals surface area contributed by atoms with Crippen molar-refractivity contribution >= 4 is 0 Å². The van der Waals surface area contributed by atoms with Crippen LogP contribution in [0.5, 0.6) is 11.5 Å². The molecule has 0 aliphatic carbocycles. The Morgan fingerprint density at radius 1 is 0.852 bits per heavy atom. The van der Waals surface area contributed by atoms with Crippen LogP contribution in [0.2, 0.25) is 0 Å². The SMILES string of the molecule is CCCCCCCCOc1c(CNCCc2ccccc2)cccc1OC. The predicted octanol–water partition coefficient (Wildman–Crippen LogP) is 5.77. The number of para-hydroxylation sites is 1. The van der Waals surface area contributed by atoms with Crippen molar-refractivity contribution in [3.63, 3.8) is 0 Å². The minimum atomic E-state index is 0.753. The fourth-order valence-corrected chi connectivity index (χ4v) is 3.18. The van der Waals surface area contributed by atoms with Crippen molar-refractivity contribution in [3.8, 4) is 11.5 Å². The summed E-state index contributed by atoms with van der Waals surface area (Å²) in [7, 11) is 1.71. The van der Waals surface area contributed by atoms with Gasteiger partial charge >= 0.3 is 0 Å². The highest BCUT2D eigenvalue weighted by atomic mass is 16.5. The van der Waals surface area contributed by atoms with E-state index in [2.05, 4.69) is 48.6 Å². The third-order valence-electron chi connectivity index (χ3n) is 4.77. The summed E-state index contributed by atoms with van der Waals surface area (Å²) in [4.78, 5) is 0. The molecule has 0 radical (unpaired) electrons. The van der Waals surface area contributed by atoms with E-state index in [1.807, 2.05) is 12.1 Å². The highest BCUT2D eigenvalue weighted by Crippen LogP contribution is 2.31. The molecule has 0 bridgehead atoms. The summed E-state index contributed by atoms with van der Waals surface area (Å²) < 4.78 is 11.6. The van der Waals surface area contributed by atoms with Crippen molar-refractivity contribution < 1.29 is 9.47 Å². The molecule has 0 aromatic heterocycles. The molecule has 2 aromatic rings. The maximum Gasteiger partial charge on any atom is 0.165 e. The van der Waals surface area contributed by atoms with Crippen molar-refractivity contribution in [2.45, 2.75) is 58.4 Å². The molecule has 0 heterocycles. The van der Waals surface area contributed by atoms with Crippen LogP contribution >= 0.6 is 0 Å². The van der Waals surface area contributed by atoms with E-state index in [1.54, 1.807) is 7.11 Å². The summed E-state index contributed by atoms with van der Waals surface area (Å²) in [5.41, 5.74) is 2.52. The number of methoxy groups -OCH3 is 1. The van der Waals surface area contributed by atoms with Gasteiger partial charge in [-0.1, -0.05) is 81.5 Å². The van der Waals surface area contributed by atoms with Gasteiger partial charge in [0.1, 0.15) is 0 Å². The van der Waals surface area contributed by atoms with Gasteiger partial charge in [-0.15, -0.1) is 0 Å². The fourth-order valence-electron chi connectivity index (χ4n) is 3.18. The van der Waals surface area contributed by atoms with E-state index in [1.165, 1.54) is 37.7 Å². The van der Waals surface area contributed by atoms with Crippen LogP contribution in [0.1, 0.15) is 56.6 Å². The Labute approximate surface area is 165 Å². The molecule has 27 heavy (non-hydrogen) atoms. The summed E-state index contributed by atoms with van der Waals surface area (Å²) in [5.74, 6) is 1.71. The topological polar surface area (TPSA) is 30.5 Å². The highest BCUT2D eigenvalue weighted by Gasteiger charge is 2.10. The van der Waals surface area contributed by atoms with Gasteiger partial charge in [0.2, 0.25) is 0 Å². The molecule has 0 amide bonds. The smallest absolute Gasteiger partial charge is 0.165 e. The Balaban J connectivity index is 1.79. The first-order chi connectivity index (χ1) is 13.3. The quantitative estimate of drug-likeness (QED) is 0.429. The van der Waals surface area contributed by atoms with Crippen LogP contribution in [0, 0.1) is 0 Å². The molecule has 2 aromatic carbocycles. The number of benzene rings is 2. The molecule has 0 aliphatic heterocycles. The number of rotatable bonds is 14. The van der Waals surface area contributed by atoms with Crippen LogP contribution in [0.3, 0.4) is 0 Å². The van der Waals surface area contributed by atoms with Gasteiger partial charge in [-0.05, 0) is 31.0 Å². The van der Waals surface area contributed by atoms with Crippen LogP contribution in [-0.2, 0) is 13.0 Å². The van der Waals surface area contributed by atoms with Gasteiger partial charge in [0.15, 0.2) is 11.5 Å². The van der Waals surface area contributed by atoms with E-state index in [-0.39, 0.29) is 0 Å². The third kappa shape index (κ3) is 8.04. The second-order valence-electron chi connectivity index (χ2n) is 6.98. The number of ether oxygens (including phenoxy) is 2. The van der Waals surface area contributed by atoms with Gasteiger partial charge in [0.25, 0.3) is 0 Å². The zero-order valence-corrected chi connectivity index (χ0v) is 17.0. The lowest BCUT2D eigenvalue weighted by atomic mass is 10.1. The van der Waals surface area contributed by atoms with Gasteiger partial charge in [-0.3, -0.25) is 0 Å². The number of nitrogens with one attached hydrogen (secondary N) is 1.